The molecule has 2 aromatic rings. The lowest BCUT2D eigenvalue weighted by Gasteiger charge is -2.31. The van der Waals surface area contributed by atoms with Crippen LogP contribution in [0.2, 0.25) is 0 Å². The first-order valence-corrected chi connectivity index (χ1v) is 9.93. The van der Waals surface area contributed by atoms with Crippen LogP contribution in [0.3, 0.4) is 0 Å². The summed E-state index contributed by atoms with van der Waals surface area (Å²) in [5, 5.41) is 13.6. The molecule has 0 radical (unpaired) electrons. The minimum absolute atomic E-state index is 0.0141. The van der Waals surface area contributed by atoms with Gasteiger partial charge in [-0.2, -0.15) is 0 Å². The molecule has 0 unspecified atom stereocenters. The van der Waals surface area contributed by atoms with Gasteiger partial charge in [0.25, 0.3) is 5.69 Å². The summed E-state index contributed by atoms with van der Waals surface area (Å²) in [6, 6.07) is 11.6. The topological polar surface area (TPSA) is 130 Å². The van der Waals surface area contributed by atoms with Crippen molar-refractivity contribution in [2.75, 3.05) is 33.9 Å². The molecule has 0 saturated carbocycles. The van der Waals surface area contributed by atoms with Gasteiger partial charge in [0.2, 0.25) is 21.8 Å². The third-order valence-corrected chi connectivity index (χ3v) is 5.22. The average Bonchev–Trinajstić information content (AvgIpc) is 2.64. The first-order valence-electron chi connectivity index (χ1n) is 8.08. The number of nitro groups is 1. The Morgan fingerprint density at radius 3 is 2.64 bits per heavy atom. The van der Waals surface area contributed by atoms with Crippen LogP contribution in [0.25, 0.3) is 0 Å². The number of fused-ring (bicyclic) bond motifs is 1. The average molecular weight is 404 g/mol. The van der Waals surface area contributed by atoms with E-state index in [0.717, 1.165) is 16.6 Å². The predicted molar refractivity (Wildman–Crippen MR) is 103 cm³/mol. The number of carbonyl (C=O) groups excluding carboxylic acids is 2. The van der Waals surface area contributed by atoms with Gasteiger partial charge in [-0.3, -0.25) is 28.9 Å². The molecule has 0 aliphatic carbocycles. The van der Waals surface area contributed by atoms with Crippen molar-refractivity contribution in [1.82, 2.24) is 0 Å². The normalized spacial score (nSPS) is 13.5. The Bertz CT molecular complexity index is 1070. The Morgan fingerprint density at radius 1 is 1.25 bits per heavy atom. The summed E-state index contributed by atoms with van der Waals surface area (Å²) in [7, 11) is -3.92. The molecule has 146 valence electrons. The Morgan fingerprint density at radius 2 is 1.96 bits per heavy atom. The highest BCUT2D eigenvalue weighted by Gasteiger charge is 2.30. The lowest BCUT2D eigenvalue weighted by Crippen LogP contribution is -2.47. The van der Waals surface area contributed by atoms with Gasteiger partial charge in [-0.05, 0) is 18.2 Å². The van der Waals surface area contributed by atoms with Gasteiger partial charge in [-0.1, -0.05) is 18.2 Å². The number of carbonyl (C=O) groups is 2. The predicted octanol–water partition coefficient (Wildman–Crippen LogP) is 1.35. The van der Waals surface area contributed by atoms with E-state index < -0.39 is 33.3 Å². The van der Waals surface area contributed by atoms with Crippen molar-refractivity contribution in [3.05, 3.63) is 58.6 Å². The lowest BCUT2D eigenvalue weighted by atomic mass is 10.2. The zero-order valence-corrected chi connectivity index (χ0v) is 15.5. The molecule has 0 spiro atoms. The van der Waals surface area contributed by atoms with E-state index in [1.807, 2.05) is 0 Å². The minimum Gasteiger partial charge on any atom is -0.323 e. The fourth-order valence-electron chi connectivity index (χ4n) is 2.83. The molecule has 3 rings (SSSR count). The molecule has 0 bridgehead atoms. The van der Waals surface area contributed by atoms with E-state index in [4.69, 9.17) is 0 Å². The van der Waals surface area contributed by atoms with Crippen LogP contribution in [0.1, 0.15) is 0 Å². The van der Waals surface area contributed by atoms with Crippen molar-refractivity contribution in [2.45, 2.75) is 0 Å². The van der Waals surface area contributed by atoms with Gasteiger partial charge >= 0.3 is 0 Å². The van der Waals surface area contributed by atoms with Crippen LogP contribution >= 0.6 is 0 Å². The molecule has 2 amide bonds. The molecule has 0 saturated heterocycles. The summed E-state index contributed by atoms with van der Waals surface area (Å²) in [5.41, 5.74) is 0.564. The third kappa shape index (κ3) is 3.93. The fraction of sp³-hybridized carbons (Fsp3) is 0.176. The Labute approximate surface area is 160 Å². The number of para-hydroxylation sites is 2. The second-order valence-corrected chi connectivity index (χ2v) is 8.00. The number of hydrogen-bond donors (Lipinski definition) is 1. The molecule has 0 atom stereocenters. The highest BCUT2D eigenvalue weighted by atomic mass is 32.2. The van der Waals surface area contributed by atoms with E-state index in [1.54, 1.807) is 24.3 Å². The second kappa shape index (κ2) is 7.27. The maximum Gasteiger partial charge on any atom is 0.271 e. The molecule has 2 aromatic carbocycles. The minimum atomic E-state index is -3.92. The van der Waals surface area contributed by atoms with E-state index >= 15 is 0 Å². The number of amides is 2. The summed E-state index contributed by atoms with van der Waals surface area (Å²) in [5.74, 6) is -1.05. The van der Waals surface area contributed by atoms with Crippen molar-refractivity contribution < 1.29 is 22.9 Å². The summed E-state index contributed by atoms with van der Waals surface area (Å²) < 4.78 is 25.3. The van der Waals surface area contributed by atoms with Crippen molar-refractivity contribution in [3.8, 4) is 0 Å². The molecule has 0 aromatic heterocycles. The number of nitrogens with one attached hydrogen (secondary N) is 1. The first-order chi connectivity index (χ1) is 13.2. The van der Waals surface area contributed by atoms with E-state index in [1.165, 1.54) is 23.1 Å². The monoisotopic (exact) mass is 404 g/mol. The summed E-state index contributed by atoms with van der Waals surface area (Å²) in [6.07, 6.45) is 0.899. The fourth-order valence-corrected chi connectivity index (χ4v) is 3.67. The molecule has 1 N–H and O–H groups in total. The van der Waals surface area contributed by atoms with Gasteiger partial charge in [0, 0.05) is 12.1 Å². The molecule has 1 aliphatic rings. The summed E-state index contributed by atoms with van der Waals surface area (Å²) >= 11 is 0. The Balaban J connectivity index is 1.95. The van der Waals surface area contributed by atoms with Crippen LogP contribution in [-0.2, 0) is 19.6 Å². The number of non-ortho nitro benzene ring substituents is 1. The van der Waals surface area contributed by atoms with Gasteiger partial charge in [-0.25, -0.2) is 8.42 Å². The largest absolute Gasteiger partial charge is 0.323 e. The number of anilines is 3. The van der Waals surface area contributed by atoms with Crippen molar-refractivity contribution in [3.63, 3.8) is 0 Å². The van der Waals surface area contributed by atoms with Gasteiger partial charge in [0.1, 0.15) is 13.1 Å². The summed E-state index contributed by atoms with van der Waals surface area (Å²) in [6.45, 7) is -0.871. The highest BCUT2D eigenvalue weighted by Crippen LogP contribution is 2.30. The number of benzene rings is 2. The maximum absolute atomic E-state index is 12.9. The molecule has 1 heterocycles. The smallest absolute Gasteiger partial charge is 0.271 e. The van der Waals surface area contributed by atoms with Crippen molar-refractivity contribution in [1.29, 1.82) is 0 Å². The first kappa shape index (κ1) is 19.3. The maximum atomic E-state index is 12.9. The Hall–Kier alpha value is -3.47. The molecular formula is C17H16N4O6S. The molecule has 10 nitrogen and oxygen atoms in total. The van der Waals surface area contributed by atoms with Crippen LogP contribution < -0.4 is 14.5 Å². The van der Waals surface area contributed by atoms with Gasteiger partial charge in [0.15, 0.2) is 0 Å². The summed E-state index contributed by atoms with van der Waals surface area (Å²) in [4.78, 5) is 36.3. The van der Waals surface area contributed by atoms with Crippen LogP contribution in [0.5, 0.6) is 0 Å². The molecule has 28 heavy (non-hydrogen) atoms. The van der Waals surface area contributed by atoms with Crippen LogP contribution in [0.4, 0.5) is 22.7 Å². The SMILES string of the molecule is CS(=O)(=O)N(CC(=O)N1CC(=O)Nc2ccccc21)c1cccc([N+](=O)[O-])c1. The van der Waals surface area contributed by atoms with Crippen molar-refractivity contribution in [2.24, 2.45) is 0 Å². The number of hydrogen-bond acceptors (Lipinski definition) is 6. The molecule has 11 heteroatoms. The molecule has 0 fully saturated rings. The highest BCUT2D eigenvalue weighted by molar-refractivity contribution is 7.92. The zero-order valence-electron chi connectivity index (χ0n) is 14.7. The number of nitro benzene ring substituents is 1. The van der Waals surface area contributed by atoms with E-state index in [2.05, 4.69) is 5.32 Å². The van der Waals surface area contributed by atoms with Gasteiger partial charge in [-0.15, -0.1) is 0 Å². The Kier molecular flexibility index (Phi) is 5.01. The van der Waals surface area contributed by atoms with Crippen LogP contribution in [0.15, 0.2) is 48.5 Å². The zero-order chi connectivity index (χ0) is 20.5. The van der Waals surface area contributed by atoms with Crippen LogP contribution in [0, 0.1) is 10.1 Å². The quantitative estimate of drug-likeness (QED) is 0.591. The van der Waals surface area contributed by atoms with E-state index in [9.17, 15) is 28.1 Å². The van der Waals surface area contributed by atoms with Crippen LogP contribution in [-0.4, -0.2) is 44.5 Å². The third-order valence-electron chi connectivity index (χ3n) is 4.08. The molecule has 1 aliphatic heterocycles. The lowest BCUT2D eigenvalue weighted by molar-refractivity contribution is -0.384. The standard InChI is InChI=1S/C17H16N4O6S/c1-28(26,27)20(12-5-4-6-13(9-12)21(24)25)11-17(23)19-10-16(22)18-14-7-2-3-8-15(14)19/h2-9H,10-11H2,1H3,(H,18,22). The second-order valence-electron chi connectivity index (χ2n) is 6.09. The van der Waals surface area contributed by atoms with Gasteiger partial charge in [0.05, 0.1) is 28.2 Å². The van der Waals surface area contributed by atoms with E-state index in [0.29, 0.717) is 11.4 Å². The van der Waals surface area contributed by atoms with E-state index in [-0.39, 0.29) is 17.9 Å². The number of sulfonamides is 1. The molecular weight excluding hydrogens is 388 g/mol. The van der Waals surface area contributed by atoms with Gasteiger partial charge < -0.3 is 5.32 Å². The van der Waals surface area contributed by atoms with Crippen molar-refractivity contribution >= 4 is 44.6 Å². The number of nitrogens with zero attached hydrogens (tertiary/aromatic N) is 3. The number of rotatable bonds is 5.